The minimum absolute atomic E-state index is 0.976. The van der Waals surface area contributed by atoms with Gasteiger partial charge in [-0.05, 0) is 46.8 Å². The van der Waals surface area contributed by atoms with Crippen molar-refractivity contribution in [2.75, 3.05) is 27.2 Å². The average molecular weight is 369 g/mol. The van der Waals surface area contributed by atoms with Crippen molar-refractivity contribution in [1.82, 2.24) is 9.80 Å². The van der Waals surface area contributed by atoms with Crippen LogP contribution >= 0.6 is 0 Å². The summed E-state index contributed by atoms with van der Waals surface area (Å²) < 4.78 is 0. The van der Waals surface area contributed by atoms with E-state index in [1.54, 1.807) is 0 Å². The Hall–Kier alpha value is -2.68. The first-order chi connectivity index (χ1) is 13.7. The normalized spacial score (nSPS) is 11.7. The molecule has 4 aromatic rings. The van der Waals surface area contributed by atoms with Crippen LogP contribution in [0.2, 0.25) is 0 Å². The molecule has 142 valence electrons. The van der Waals surface area contributed by atoms with Crippen LogP contribution in [0.15, 0.2) is 84.9 Å². The van der Waals surface area contributed by atoms with Crippen LogP contribution in [-0.2, 0) is 13.1 Å². The summed E-state index contributed by atoms with van der Waals surface area (Å²) in [5, 5.41) is 5.37. The van der Waals surface area contributed by atoms with Crippen molar-refractivity contribution in [3.8, 4) is 0 Å². The van der Waals surface area contributed by atoms with Crippen LogP contribution in [0.1, 0.15) is 11.1 Å². The lowest BCUT2D eigenvalue weighted by Crippen LogP contribution is -2.30. The Morgan fingerprint density at radius 1 is 0.500 bits per heavy atom. The van der Waals surface area contributed by atoms with Crippen molar-refractivity contribution in [1.29, 1.82) is 0 Å². The molecule has 0 N–H and O–H groups in total. The smallest absolute Gasteiger partial charge is 0.0237 e. The van der Waals surface area contributed by atoms with Crippen molar-refractivity contribution in [2.45, 2.75) is 13.1 Å². The number of rotatable bonds is 7. The second-order valence-electron chi connectivity index (χ2n) is 7.75. The second kappa shape index (κ2) is 8.55. The van der Waals surface area contributed by atoms with E-state index < -0.39 is 0 Å². The van der Waals surface area contributed by atoms with E-state index in [-0.39, 0.29) is 0 Å². The zero-order chi connectivity index (χ0) is 19.3. The third kappa shape index (κ3) is 4.24. The molecule has 0 fully saturated rings. The van der Waals surface area contributed by atoms with Gasteiger partial charge in [0.1, 0.15) is 0 Å². The lowest BCUT2D eigenvalue weighted by molar-refractivity contribution is 0.248. The molecule has 0 saturated carbocycles. The maximum atomic E-state index is 2.42. The highest BCUT2D eigenvalue weighted by molar-refractivity contribution is 5.86. The number of hydrogen-bond donors (Lipinski definition) is 0. The highest BCUT2D eigenvalue weighted by Crippen LogP contribution is 2.21. The fourth-order valence-electron chi connectivity index (χ4n) is 3.94. The first-order valence-electron chi connectivity index (χ1n) is 10.0. The summed E-state index contributed by atoms with van der Waals surface area (Å²) in [5.41, 5.74) is 2.80. The Bertz CT molecular complexity index is 972. The minimum Gasteiger partial charge on any atom is -0.301 e. The molecule has 28 heavy (non-hydrogen) atoms. The average Bonchev–Trinajstić information content (AvgIpc) is 2.73. The molecule has 0 aromatic heterocycles. The van der Waals surface area contributed by atoms with E-state index in [4.69, 9.17) is 0 Å². The maximum Gasteiger partial charge on any atom is 0.0237 e. The molecule has 0 spiro atoms. The van der Waals surface area contributed by atoms with Crippen LogP contribution in [0.5, 0.6) is 0 Å². The third-order valence-corrected chi connectivity index (χ3v) is 5.50. The molecule has 0 amide bonds. The number of nitrogens with zero attached hydrogens (tertiary/aromatic N) is 2. The van der Waals surface area contributed by atoms with Crippen molar-refractivity contribution in [3.63, 3.8) is 0 Å². The summed E-state index contributed by atoms with van der Waals surface area (Å²) in [6, 6.07) is 30.5. The largest absolute Gasteiger partial charge is 0.301 e. The summed E-state index contributed by atoms with van der Waals surface area (Å²) in [6.45, 7) is 4.04. The van der Waals surface area contributed by atoms with Gasteiger partial charge < -0.3 is 9.80 Å². The number of hydrogen-bond acceptors (Lipinski definition) is 2. The van der Waals surface area contributed by atoms with Gasteiger partial charge in [0.05, 0.1) is 0 Å². The van der Waals surface area contributed by atoms with Gasteiger partial charge in [-0.15, -0.1) is 0 Å². The van der Waals surface area contributed by atoms with Gasteiger partial charge in [-0.1, -0.05) is 84.9 Å². The van der Waals surface area contributed by atoms with E-state index in [0.29, 0.717) is 0 Å². The molecule has 0 atom stereocenters. The van der Waals surface area contributed by atoms with E-state index in [2.05, 4.69) is 109 Å². The molecule has 0 saturated heterocycles. The van der Waals surface area contributed by atoms with Crippen LogP contribution in [0, 0.1) is 0 Å². The van der Waals surface area contributed by atoms with Gasteiger partial charge in [0, 0.05) is 26.2 Å². The first kappa shape index (κ1) is 18.7. The Labute approximate surface area is 168 Å². The number of benzene rings is 4. The Kier molecular flexibility index (Phi) is 5.70. The second-order valence-corrected chi connectivity index (χ2v) is 7.75. The SMILES string of the molecule is CN(CCN(C)Cc1cccc2ccccc12)Cc1cccc2ccccc12. The van der Waals surface area contributed by atoms with Crippen molar-refractivity contribution < 1.29 is 0 Å². The van der Waals surface area contributed by atoms with Crippen molar-refractivity contribution in [3.05, 3.63) is 96.1 Å². The highest BCUT2D eigenvalue weighted by Gasteiger charge is 2.08. The third-order valence-electron chi connectivity index (χ3n) is 5.50. The van der Waals surface area contributed by atoms with Gasteiger partial charge in [0.15, 0.2) is 0 Å². The van der Waals surface area contributed by atoms with Crippen LogP contribution < -0.4 is 0 Å². The standard InChI is InChI=1S/C26H28N2/c1-27(19-23-13-7-11-21-9-3-5-15-25(21)23)17-18-28(2)20-24-14-8-12-22-10-4-6-16-26(22)24/h3-16H,17-20H2,1-2H3. The van der Waals surface area contributed by atoms with Gasteiger partial charge in [-0.3, -0.25) is 0 Å². The first-order valence-corrected chi connectivity index (χ1v) is 10.0. The molecule has 0 heterocycles. The van der Waals surface area contributed by atoms with Gasteiger partial charge in [0.2, 0.25) is 0 Å². The predicted octanol–water partition coefficient (Wildman–Crippen LogP) is 5.56. The molecule has 4 rings (SSSR count). The van der Waals surface area contributed by atoms with Crippen LogP contribution in [-0.4, -0.2) is 37.0 Å². The fraction of sp³-hybridized carbons (Fsp3) is 0.231. The predicted molar refractivity (Wildman–Crippen MR) is 121 cm³/mol. The summed E-state index contributed by atoms with van der Waals surface area (Å²) in [4.78, 5) is 4.84. The van der Waals surface area contributed by atoms with E-state index >= 15 is 0 Å². The Morgan fingerprint density at radius 2 is 0.893 bits per heavy atom. The Balaban J connectivity index is 1.37. The molecule has 0 radical (unpaired) electrons. The summed E-state index contributed by atoms with van der Waals surface area (Å²) in [6.07, 6.45) is 0. The summed E-state index contributed by atoms with van der Waals surface area (Å²) in [5.74, 6) is 0. The number of likely N-dealkylation sites (N-methyl/N-ethyl adjacent to an activating group) is 2. The number of fused-ring (bicyclic) bond motifs is 2. The molecular weight excluding hydrogens is 340 g/mol. The van der Waals surface area contributed by atoms with Crippen molar-refractivity contribution >= 4 is 21.5 Å². The monoisotopic (exact) mass is 368 g/mol. The molecule has 0 aliphatic rings. The maximum absolute atomic E-state index is 2.42. The Morgan fingerprint density at radius 3 is 1.36 bits per heavy atom. The molecule has 0 aliphatic heterocycles. The van der Waals surface area contributed by atoms with E-state index in [0.717, 1.165) is 26.2 Å². The quantitative estimate of drug-likeness (QED) is 0.421. The molecular formula is C26H28N2. The summed E-state index contributed by atoms with van der Waals surface area (Å²) >= 11 is 0. The molecule has 0 aliphatic carbocycles. The topological polar surface area (TPSA) is 6.48 Å². The highest BCUT2D eigenvalue weighted by atomic mass is 15.2. The van der Waals surface area contributed by atoms with Gasteiger partial charge in [0.25, 0.3) is 0 Å². The fourth-order valence-corrected chi connectivity index (χ4v) is 3.94. The van der Waals surface area contributed by atoms with Gasteiger partial charge in [-0.25, -0.2) is 0 Å². The van der Waals surface area contributed by atoms with Crippen LogP contribution in [0.3, 0.4) is 0 Å². The lowest BCUT2D eigenvalue weighted by atomic mass is 10.0. The van der Waals surface area contributed by atoms with Crippen LogP contribution in [0.25, 0.3) is 21.5 Å². The molecule has 0 bridgehead atoms. The minimum atomic E-state index is 0.976. The van der Waals surface area contributed by atoms with E-state index in [9.17, 15) is 0 Å². The summed E-state index contributed by atoms with van der Waals surface area (Å²) in [7, 11) is 4.43. The van der Waals surface area contributed by atoms with Gasteiger partial charge >= 0.3 is 0 Å². The molecule has 2 heteroatoms. The van der Waals surface area contributed by atoms with Gasteiger partial charge in [-0.2, -0.15) is 0 Å². The zero-order valence-electron chi connectivity index (χ0n) is 16.8. The molecule has 2 nitrogen and oxygen atoms in total. The van der Waals surface area contributed by atoms with E-state index in [1.165, 1.54) is 32.7 Å². The lowest BCUT2D eigenvalue weighted by Gasteiger charge is -2.23. The van der Waals surface area contributed by atoms with Crippen LogP contribution in [0.4, 0.5) is 0 Å². The molecule has 0 unspecified atom stereocenters. The van der Waals surface area contributed by atoms with E-state index in [1.807, 2.05) is 0 Å². The molecule has 4 aromatic carbocycles. The van der Waals surface area contributed by atoms with Crippen molar-refractivity contribution in [2.24, 2.45) is 0 Å². The zero-order valence-corrected chi connectivity index (χ0v) is 16.8.